The number of carbonyl (C=O) groups excluding carboxylic acids is 3. The number of ether oxygens (including phenoxy) is 1. The fraction of sp³-hybridized carbons (Fsp3) is 0.217. The molecule has 30 heavy (non-hydrogen) atoms. The van der Waals surface area contributed by atoms with Gasteiger partial charge in [0.25, 0.3) is 11.8 Å². The Morgan fingerprint density at radius 2 is 1.77 bits per heavy atom. The minimum Gasteiger partial charge on any atom is -0.456 e. The molecule has 7 heteroatoms. The van der Waals surface area contributed by atoms with Crippen LogP contribution in [0.15, 0.2) is 48.5 Å². The highest BCUT2D eigenvalue weighted by Crippen LogP contribution is 2.25. The van der Waals surface area contributed by atoms with E-state index in [1.807, 2.05) is 44.2 Å². The summed E-state index contributed by atoms with van der Waals surface area (Å²) in [5, 5.41) is 0.913. The number of nitrogens with zero attached hydrogens (tertiary/aromatic N) is 2. The molecule has 0 saturated heterocycles. The van der Waals surface area contributed by atoms with Crippen molar-refractivity contribution in [3.8, 4) is 0 Å². The number of hydrogen-bond acceptors (Lipinski definition) is 6. The number of aromatic nitrogens is 1. The lowest BCUT2D eigenvalue weighted by atomic mass is 10.1. The van der Waals surface area contributed by atoms with E-state index in [-0.39, 0.29) is 29.5 Å². The van der Waals surface area contributed by atoms with E-state index < -0.39 is 5.97 Å². The first kappa shape index (κ1) is 20.0. The Morgan fingerprint density at radius 3 is 2.47 bits per heavy atom. The van der Waals surface area contributed by atoms with Gasteiger partial charge in [0.15, 0.2) is 0 Å². The second-order valence-corrected chi connectivity index (χ2v) is 8.36. The van der Waals surface area contributed by atoms with Gasteiger partial charge >= 0.3 is 5.97 Å². The average Bonchev–Trinajstić information content (AvgIpc) is 3.20. The zero-order valence-corrected chi connectivity index (χ0v) is 17.5. The molecule has 4 rings (SSSR count). The summed E-state index contributed by atoms with van der Waals surface area (Å²) in [6, 6.07) is 14.2. The molecule has 0 bridgehead atoms. The van der Waals surface area contributed by atoms with Gasteiger partial charge in [-0.25, -0.2) is 9.78 Å². The molecule has 1 aliphatic heterocycles. The number of aryl methyl sites for hydroxylation is 2. The third-order valence-corrected chi connectivity index (χ3v) is 6.05. The minimum absolute atomic E-state index is 0.128. The molecule has 0 atom stereocenters. The van der Waals surface area contributed by atoms with Crippen LogP contribution in [0.5, 0.6) is 0 Å². The zero-order valence-electron chi connectivity index (χ0n) is 16.7. The Balaban J connectivity index is 1.45. The summed E-state index contributed by atoms with van der Waals surface area (Å²) in [5.74, 6) is -1.25. The van der Waals surface area contributed by atoms with Gasteiger partial charge in [-0.1, -0.05) is 30.3 Å². The highest BCUT2D eigenvalue weighted by molar-refractivity contribution is 7.11. The third-order valence-electron chi connectivity index (χ3n) is 5.01. The molecule has 1 aromatic heterocycles. The molecule has 2 amide bonds. The molecule has 0 aliphatic carbocycles. The van der Waals surface area contributed by atoms with E-state index in [0.29, 0.717) is 18.5 Å². The Labute approximate surface area is 178 Å². The summed E-state index contributed by atoms with van der Waals surface area (Å²) in [7, 11) is 0. The van der Waals surface area contributed by atoms with Crippen LogP contribution in [-0.4, -0.2) is 34.2 Å². The Hall–Kier alpha value is -3.32. The van der Waals surface area contributed by atoms with E-state index in [1.165, 1.54) is 34.4 Å². The normalized spacial score (nSPS) is 12.9. The topological polar surface area (TPSA) is 76.6 Å². The molecular formula is C23H20N2O4S. The predicted molar refractivity (Wildman–Crippen MR) is 113 cm³/mol. The second kappa shape index (κ2) is 8.20. The van der Waals surface area contributed by atoms with Gasteiger partial charge in [-0.05, 0) is 44.0 Å². The first-order valence-electron chi connectivity index (χ1n) is 9.58. The van der Waals surface area contributed by atoms with Crippen molar-refractivity contribution in [3.05, 3.63) is 86.4 Å². The molecule has 3 aromatic rings. The van der Waals surface area contributed by atoms with E-state index in [4.69, 9.17) is 4.74 Å². The number of fused-ring (bicyclic) bond motifs is 1. The number of hydrogen-bond donors (Lipinski definition) is 0. The minimum atomic E-state index is -0.536. The van der Waals surface area contributed by atoms with Gasteiger partial charge in [0.1, 0.15) is 6.61 Å². The molecule has 6 nitrogen and oxygen atoms in total. The summed E-state index contributed by atoms with van der Waals surface area (Å²) >= 11 is 1.48. The van der Waals surface area contributed by atoms with Crippen LogP contribution in [0.1, 0.15) is 52.2 Å². The first-order chi connectivity index (χ1) is 14.4. The molecule has 2 aromatic carbocycles. The maximum Gasteiger partial charge on any atom is 0.338 e. The Morgan fingerprint density at radius 1 is 1.03 bits per heavy atom. The quantitative estimate of drug-likeness (QED) is 0.446. The molecule has 0 spiro atoms. The molecule has 0 unspecified atom stereocenters. The van der Waals surface area contributed by atoms with Crippen LogP contribution in [0.4, 0.5) is 0 Å². The smallest absolute Gasteiger partial charge is 0.338 e. The van der Waals surface area contributed by atoms with Crippen LogP contribution in [-0.2, 0) is 17.8 Å². The summed E-state index contributed by atoms with van der Waals surface area (Å²) < 4.78 is 5.38. The van der Waals surface area contributed by atoms with Gasteiger partial charge in [-0.15, -0.1) is 11.3 Å². The Kier molecular flexibility index (Phi) is 5.46. The standard InChI is InChI=1S/C23H20N2O4S/c1-14-20(30-15(2)24-14)13-29-23(28)17-8-9-18-19(12-17)22(27)25(21(18)26)11-10-16-6-4-3-5-7-16/h3-9,12H,10-11,13H2,1-2H3. The largest absolute Gasteiger partial charge is 0.456 e. The lowest BCUT2D eigenvalue weighted by Gasteiger charge is -2.13. The number of thiazole rings is 1. The number of amides is 2. The molecule has 152 valence electrons. The van der Waals surface area contributed by atoms with Crippen LogP contribution < -0.4 is 0 Å². The number of esters is 1. The van der Waals surface area contributed by atoms with Crippen molar-refractivity contribution in [1.82, 2.24) is 9.88 Å². The van der Waals surface area contributed by atoms with Crippen molar-refractivity contribution in [3.63, 3.8) is 0 Å². The SMILES string of the molecule is Cc1nc(C)c(COC(=O)c2ccc3c(c2)C(=O)N(CCc2ccccc2)C3=O)s1. The molecule has 2 heterocycles. The predicted octanol–water partition coefficient (Wildman–Crippen LogP) is 3.96. The van der Waals surface area contributed by atoms with E-state index in [2.05, 4.69) is 4.98 Å². The third kappa shape index (κ3) is 3.89. The average molecular weight is 420 g/mol. The van der Waals surface area contributed by atoms with Crippen LogP contribution in [0, 0.1) is 13.8 Å². The number of imide groups is 1. The van der Waals surface area contributed by atoms with Crippen molar-refractivity contribution in [1.29, 1.82) is 0 Å². The van der Waals surface area contributed by atoms with Gasteiger partial charge < -0.3 is 4.74 Å². The molecular weight excluding hydrogens is 400 g/mol. The lowest BCUT2D eigenvalue weighted by molar-refractivity contribution is 0.0475. The fourth-order valence-electron chi connectivity index (χ4n) is 3.43. The lowest BCUT2D eigenvalue weighted by Crippen LogP contribution is -2.31. The summed E-state index contributed by atoms with van der Waals surface area (Å²) in [4.78, 5) is 44.3. The Bertz CT molecular complexity index is 1140. The fourth-order valence-corrected chi connectivity index (χ4v) is 4.28. The van der Waals surface area contributed by atoms with Crippen molar-refractivity contribution in [2.75, 3.05) is 6.54 Å². The highest BCUT2D eigenvalue weighted by Gasteiger charge is 2.35. The van der Waals surface area contributed by atoms with E-state index in [9.17, 15) is 14.4 Å². The number of rotatable bonds is 6. The molecule has 0 saturated carbocycles. The van der Waals surface area contributed by atoms with Gasteiger partial charge in [0.05, 0.1) is 32.3 Å². The molecule has 1 aliphatic rings. The van der Waals surface area contributed by atoms with Crippen LogP contribution >= 0.6 is 11.3 Å². The van der Waals surface area contributed by atoms with Gasteiger partial charge in [0.2, 0.25) is 0 Å². The number of carbonyl (C=O) groups is 3. The summed E-state index contributed by atoms with van der Waals surface area (Å²) in [6.45, 7) is 4.19. The molecule has 0 radical (unpaired) electrons. The zero-order chi connectivity index (χ0) is 21.3. The van der Waals surface area contributed by atoms with Gasteiger partial charge in [-0.2, -0.15) is 0 Å². The first-order valence-corrected chi connectivity index (χ1v) is 10.4. The van der Waals surface area contributed by atoms with Crippen molar-refractivity contribution in [2.45, 2.75) is 26.9 Å². The van der Waals surface area contributed by atoms with Gasteiger partial charge in [-0.3, -0.25) is 14.5 Å². The maximum absolute atomic E-state index is 12.8. The second-order valence-electron chi connectivity index (χ2n) is 7.08. The summed E-state index contributed by atoms with van der Waals surface area (Å²) in [5.41, 5.74) is 2.70. The molecule has 0 N–H and O–H groups in total. The maximum atomic E-state index is 12.8. The molecule has 0 fully saturated rings. The monoisotopic (exact) mass is 420 g/mol. The van der Waals surface area contributed by atoms with Crippen molar-refractivity contribution in [2.24, 2.45) is 0 Å². The van der Waals surface area contributed by atoms with E-state index in [0.717, 1.165) is 21.1 Å². The number of benzene rings is 2. The van der Waals surface area contributed by atoms with Crippen molar-refractivity contribution >= 4 is 29.1 Å². The van der Waals surface area contributed by atoms with Crippen LogP contribution in [0.25, 0.3) is 0 Å². The van der Waals surface area contributed by atoms with Gasteiger partial charge in [0, 0.05) is 6.54 Å². The highest BCUT2D eigenvalue weighted by atomic mass is 32.1. The van der Waals surface area contributed by atoms with E-state index in [1.54, 1.807) is 0 Å². The van der Waals surface area contributed by atoms with Crippen LogP contribution in [0.3, 0.4) is 0 Å². The van der Waals surface area contributed by atoms with Crippen LogP contribution in [0.2, 0.25) is 0 Å². The summed E-state index contributed by atoms with van der Waals surface area (Å²) in [6.07, 6.45) is 0.578. The van der Waals surface area contributed by atoms with Crippen molar-refractivity contribution < 1.29 is 19.1 Å². The van der Waals surface area contributed by atoms with E-state index >= 15 is 0 Å².